The van der Waals surface area contributed by atoms with Crippen LogP contribution in [-0.4, -0.2) is 18.7 Å². The molecule has 4 heteroatoms. The van der Waals surface area contributed by atoms with Crippen LogP contribution in [-0.2, 0) is 11.2 Å². The van der Waals surface area contributed by atoms with Crippen molar-refractivity contribution in [1.82, 2.24) is 5.32 Å². The molecule has 0 saturated heterocycles. The van der Waals surface area contributed by atoms with Crippen LogP contribution in [0.3, 0.4) is 0 Å². The number of amides is 1. The van der Waals surface area contributed by atoms with Gasteiger partial charge in [0.1, 0.15) is 0 Å². The number of allylic oxidation sites excluding steroid dienone is 3. The first-order valence-electron chi connectivity index (χ1n) is 8.17. The summed E-state index contributed by atoms with van der Waals surface area (Å²) in [5.74, 6) is 0.264. The van der Waals surface area contributed by atoms with Crippen molar-refractivity contribution in [1.29, 1.82) is 0 Å². The molecule has 0 aromatic heterocycles. The first-order chi connectivity index (χ1) is 11.3. The Balaban J connectivity index is 1.70. The summed E-state index contributed by atoms with van der Waals surface area (Å²) in [5, 5.41) is 6.61. The van der Waals surface area contributed by atoms with E-state index >= 15 is 0 Å². The SMILES string of the molecule is CCOC(=O)N[C@@H]1CC=C2C=CC3=C2[C@@H]1Cc1ccccc1N3. The molecule has 0 bridgehead atoms. The molecule has 0 saturated carbocycles. The number of alkyl carbamates (subject to hydrolysis) is 1. The highest BCUT2D eigenvalue weighted by Crippen LogP contribution is 2.42. The zero-order valence-electron chi connectivity index (χ0n) is 13.1. The van der Waals surface area contributed by atoms with Crippen molar-refractivity contribution in [2.24, 2.45) is 5.92 Å². The van der Waals surface area contributed by atoms with Gasteiger partial charge in [-0.3, -0.25) is 0 Å². The van der Waals surface area contributed by atoms with Crippen LogP contribution in [0.5, 0.6) is 0 Å². The van der Waals surface area contributed by atoms with Crippen LogP contribution in [0.15, 0.2) is 59.3 Å². The second-order valence-electron chi connectivity index (χ2n) is 6.12. The van der Waals surface area contributed by atoms with Crippen molar-refractivity contribution >= 4 is 11.8 Å². The molecule has 1 aromatic rings. The number of rotatable bonds is 2. The van der Waals surface area contributed by atoms with Gasteiger partial charge in [0.2, 0.25) is 0 Å². The van der Waals surface area contributed by atoms with Crippen molar-refractivity contribution < 1.29 is 9.53 Å². The van der Waals surface area contributed by atoms with Crippen LogP contribution in [0, 0.1) is 5.92 Å². The van der Waals surface area contributed by atoms with Gasteiger partial charge in [-0.25, -0.2) is 4.79 Å². The molecule has 2 atom stereocenters. The Hall–Kier alpha value is -2.49. The van der Waals surface area contributed by atoms with E-state index in [-0.39, 0.29) is 18.1 Å². The van der Waals surface area contributed by atoms with Crippen LogP contribution in [0.4, 0.5) is 10.5 Å². The number of para-hydroxylation sites is 1. The number of benzene rings is 1. The average Bonchev–Trinajstić information content (AvgIpc) is 2.86. The van der Waals surface area contributed by atoms with E-state index in [9.17, 15) is 4.79 Å². The predicted molar refractivity (Wildman–Crippen MR) is 90.1 cm³/mol. The van der Waals surface area contributed by atoms with E-state index in [4.69, 9.17) is 4.74 Å². The predicted octanol–water partition coefficient (Wildman–Crippen LogP) is 3.54. The molecular weight excluding hydrogens is 288 g/mol. The van der Waals surface area contributed by atoms with Gasteiger partial charge in [-0.15, -0.1) is 0 Å². The van der Waals surface area contributed by atoms with Crippen LogP contribution >= 0.6 is 0 Å². The van der Waals surface area contributed by atoms with E-state index in [0.29, 0.717) is 6.61 Å². The average molecular weight is 308 g/mol. The number of hydrogen-bond donors (Lipinski definition) is 2. The summed E-state index contributed by atoms with van der Waals surface area (Å²) in [6.45, 7) is 2.22. The molecule has 118 valence electrons. The fraction of sp³-hybridized carbons (Fsp3) is 0.316. The first-order valence-corrected chi connectivity index (χ1v) is 8.17. The lowest BCUT2D eigenvalue weighted by Crippen LogP contribution is -2.43. The number of carbonyl (C=O) groups excluding carboxylic acids is 1. The van der Waals surface area contributed by atoms with Crippen LogP contribution < -0.4 is 10.6 Å². The molecule has 0 fully saturated rings. The summed E-state index contributed by atoms with van der Waals surface area (Å²) in [6.07, 6.45) is 7.94. The number of nitrogens with one attached hydrogen (secondary N) is 2. The standard InChI is InChI=1S/C19H20N2O2/c1-2-23-19(22)21-16-9-7-12-8-10-17-18(12)14(16)11-13-5-3-4-6-15(13)20-17/h3-8,10,14,16,20H,2,9,11H2,1H3,(H,21,22)/t14-,16-/m1/s1. The quantitative estimate of drug-likeness (QED) is 0.878. The van der Waals surface area contributed by atoms with Crippen molar-refractivity contribution in [2.75, 3.05) is 11.9 Å². The Labute approximate surface area is 135 Å². The molecule has 4 nitrogen and oxygen atoms in total. The molecule has 1 aromatic carbocycles. The fourth-order valence-electron chi connectivity index (χ4n) is 3.76. The zero-order chi connectivity index (χ0) is 15.8. The summed E-state index contributed by atoms with van der Waals surface area (Å²) in [6, 6.07) is 8.46. The molecule has 1 amide bonds. The van der Waals surface area contributed by atoms with Gasteiger partial charge >= 0.3 is 6.09 Å². The molecule has 0 radical (unpaired) electrons. The van der Waals surface area contributed by atoms with Gasteiger partial charge in [0, 0.05) is 23.3 Å². The van der Waals surface area contributed by atoms with Gasteiger partial charge in [0.05, 0.1) is 6.61 Å². The molecule has 1 heterocycles. The van der Waals surface area contributed by atoms with Gasteiger partial charge in [0.15, 0.2) is 0 Å². The minimum absolute atomic E-state index is 0.0654. The molecular formula is C19H20N2O2. The molecule has 0 unspecified atom stereocenters. The maximum absolute atomic E-state index is 11.9. The van der Waals surface area contributed by atoms with Gasteiger partial charge in [-0.1, -0.05) is 30.4 Å². The van der Waals surface area contributed by atoms with E-state index in [1.165, 1.54) is 16.7 Å². The third-order valence-corrected chi connectivity index (χ3v) is 4.78. The maximum atomic E-state index is 11.9. The molecule has 0 spiro atoms. The molecule has 4 rings (SSSR count). The number of carbonyl (C=O) groups is 1. The number of anilines is 1. The highest BCUT2D eigenvalue weighted by atomic mass is 16.5. The van der Waals surface area contributed by atoms with Crippen molar-refractivity contribution in [2.45, 2.75) is 25.8 Å². The molecule has 2 aliphatic carbocycles. The van der Waals surface area contributed by atoms with Crippen molar-refractivity contribution in [3.05, 3.63) is 64.9 Å². The topological polar surface area (TPSA) is 50.4 Å². The van der Waals surface area contributed by atoms with Gasteiger partial charge < -0.3 is 15.4 Å². The molecule has 3 aliphatic rings. The summed E-state index contributed by atoms with van der Waals surface area (Å²) < 4.78 is 5.08. The lowest BCUT2D eigenvalue weighted by molar-refractivity contribution is 0.144. The molecule has 2 N–H and O–H groups in total. The monoisotopic (exact) mass is 308 g/mol. The Morgan fingerprint density at radius 3 is 3.09 bits per heavy atom. The third-order valence-electron chi connectivity index (χ3n) is 4.78. The number of fused-ring (bicyclic) bond motifs is 1. The highest BCUT2D eigenvalue weighted by molar-refractivity contribution is 5.70. The number of ether oxygens (including phenoxy) is 1. The first kappa shape index (κ1) is 14.1. The lowest BCUT2D eigenvalue weighted by atomic mass is 9.78. The maximum Gasteiger partial charge on any atom is 0.407 e. The third kappa shape index (κ3) is 2.44. The van der Waals surface area contributed by atoms with Crippen LogP contribution in [0.25, 0.3) is 0 Å². The van der Waals surface area contributed by atoms with E-state index in [1.807, 2.05) is 6.92 Å². The number of hydrogen-bond acceptors (Lipinski definition) is 3. The van der Waals surface area contributed by atoms with Crippen LogP contribution in [0.1, 0.15) is 18.9 Å². The summed E-state index contributed by atoms with van der Waals surface area (Å²) in [5.41, 5.74) is 6.20. The Morgan fingerprint density at radius 2 is 2.22 bits per heavy atom. The summed E-state index contributed by atoms with van der Waals surface area (Å²) in [7, 11) is 0. The Bertz CT molecular complexity index is 745. The Kier molecular flexibility index (Phi) is 3.45. The van der Waals surface area contributed by atoms with E-state index < -0.39 is 0 Å². The minimum Gasteiger partial charge on any atom is -0.450 e. The van der Waals surface area contributed by atoms with Gasteiger partial charge in [-0.2, -0.15) is 0 Å². The van der Waals surface area contributed by atoms with E-state index in [0.717, 1.165) is 24.2 Å². The second kappa shape index (κ2) is 5.61. The van der Waals surface area contributed by atoms with E-state index in [1.54, 1.807) is 0 Å². The molecule has 1 aliphatic heterocycles. The van der Waals surface area contributed by atoms with Gasteiger partial charge in [-0.05, 0) is 48.6 Å². The van der Waals surface area contributed by atoms with Crippen molar-refractivity contribution in [3.63, 3.8) is 0 Å². The highest BCUT2D eigenvalue weighted by Gasteiger charge is 2.36. The van der Waals surface area contributed by atoms with Gasteiger partial charge in [0.25, 0.3) is 0 Å². The minimum atomic E-state index is -0.326. The van der Waals surface area contributed by atoms with Crippen molar-refractivity contribution in [3.8, 4) is 0 Å². The molecule has 23 heavy (non-hydrogen) atoms. The largest absolute Gasteiger partial charge is 0.450 e. The fourth-order valence-corrected chi connectivity index (χ4v) is 3.76. The zero-order valence-corrected chi connectivity index (χ0v) is 13.1. The Morgan fingerprint density at radius 1 is 1.35 bits per heavy atom. The summed E-state index contributed by atoms with van der Waals surface area (Å²) in [4.78, 5) is 11.9. The normalized spacial score (nSPS) is 24.1. The van der Waals surface area contributed by atoms with Crippen LogP contribution in [0.2, 0.25) is 0 Å². The summed E-state index contributed by atoms with van der Waals surface area (Å²) >= 11 is 0. The lowest BCUT2D eigenvalue weighted by Gasteiger charge is -2.32. The second-order valence-corrected chi connectivity index (χ2v) is 6.12. The smallest absolute Gasteiger partial charge is 0.407 e. The van der Waals surface area contributed by atoms with E-state index in [2.05, 4.69) is 53.1 Å².